The lowest BCUT2D eigenvalue weighted by Gasteiger charge is -2.10. The van der Waals surface area contributed by atoms with Gasteiger partial charge in [-0.3, -0.25) is 4.79 Å². The number of thioether (sulfide) groups is 1. The average molecular weight is 398 g/mol. The number of rotatable bonds is 5. The van der Waals surface area contributed by atoms with Gasteiger partial charge >= 0.3 is 5.97 Å². The molecule has 1 aliphatic rings. The molecule has 7 nitrogen and oxygen atoms in total. The molecule has 3 rings (SSSR count). The standard InChI is InChI=1S/C20H18N2O5S/c1-11-7-8-13(19(24)25)9-14(11)21-20-22-18(23)16(28-20)10-12-5-4-6-15(26-2)17(12)27-3/h4-10H,1-3H3,(H,24,25)(H,21,22,23)/b16-10-. The highest BCUT2D eigenvalue weighted by molar-refractivity contribution is 8.18. The minimum atomic E-state index is -1.03. The quantitative estimate of drug-likeness (QED) is 0.747. The van der Waals surface area contributed by atoms with Crippen LogP contribution in [0.1, 0.15) is 21.5 Å². The lowest BCUT2D eigenvalue weighted by molar-refractivity contribution is -0.115. The molecule has 0 bridgehead atoms. The summed E-state index contributed by atoms with van der Waals surface area (Å²) < 4.78 is 10.7. The van der Waals surface area contributed by atoms with Crippen LogP contribution in [0.25, 0.3) is 6.08 Å². The van der Waals surface area contributed by atoms with Crippen molar-refractivity contribution >= 4 is 40.6 Å². The van der Waals surface area contributed by atoms with Crippen molar-refractivity contribution in [3.63, 3.8) is 0 Å². The summed E-state index contributed by atoms with van der Waals surface area (Å²) in [6.07, 6.45) is 1.70. The molecule has 0 aromatic heterocycles. The third-order valence-corrected chi connectivity index (χ3v) is 4.96. The maximum absolute atomic E-state index is 12.3. The number of nitrogens with one attached hydrogen (secondary N) is 1. The number of hydrogen-bond donors (Lipinski definition) is 2. The first-order valence-electron chi connectivity index (χ1n) is 8.27. The van der Waals surface area contributed by atoms with Gasteiger partial charge in [-0.2, -0.15) is 0 Å². The Kier molecular flexibility index (Phi) is 5.70. The van der Waals surface area contributed by atoms with Crippen molar-refractivity contribution in [2.45, 2.75) is 6.92 Å². The van der Waals surface area contributed by atoms with Gasteiger partial charge in [-0.05, 0) is 48.5 Å². The zero-order valence-corrected chi connectivity index (χ0v) is 16.3. The van der Waals surface area contributed by atoms with E-state index < -0.39 is 5.97 Å². The van der Waals surface area contributed by atoms with E-state index in [-0.39, 0.29) is 11.5 Å². The Hall–Kier alpha value is -3.26. The number of nitrogens with zero attached hydrogens (tertiary/aromatic N) is 1. The Morgan fingerprint density at radius 2 is 2.00 bits per heavy atom. The van der Waals surface area contributed by atoms with Crippen LogP contribution in [0.2, 0.25) is 0 Å². The number of para-hydroxylation sites is 1. The number of aliphatic imine (C=N–C) groups is 1. The number of hydrogen-bond acceptors (Lipinski definition) is 6. The number of aryl methyl sites for hydroxylation is 1. The molecule has 2 aromatic carbocycles. The van der Waals surface area contributed by atoms with Crippen LogP contribution >= 0.6 is 11.8 Å². The lowest BCUT2D eigenvalue weighted by atomic mass is 10.1. The average Bonchev–Trinajstić information content (AvgIpc) is 3.02. The van der Waals surface area contributed by atoms with E-state index in [2.05, 4.69) is 10.3 Å². The molecular weight excluding hydrogens is 380 g/mol. The highest BCUT2D eigenvalue weighted by Crippen LogP contribution is 2.35. The second-order valence-corrected chi connectivity index (χ2v) is 6.90. The van der Waals surface area contributed by atoms with E-state index in [0.717, 1.165) is 5.56 Å². The molecule has 1 fully saturated rings. The zero-order chi connectivity index (χ0) is 20.3. The van der Waals surface area contributed by atoms with Crippen LogP contribution in [0.15, 0.2) is 46.3 Å². The SMILES string of the molecule is COc1cccc(/C=C2\SC(=Nc3cc(C(=O)O)ccc3C)NC2=O)c1OC. The number of carbonyl (C=O) groups is 2. The van der Waals surface area contributed by atoms with E-state index in [4.69, 9.17) is 14.6 Å². The Morgan fingerprint density at radius 3 is 2.68 bits per heavy atom. The molecule has 0 saturated carbocycles. The molecule has 0 spiro atoms. The maximum Gasteiger partial charge on any atom is 0.335 e. The monoisotopic (exact) mass is 398 g/mol. The molecular formula is C20H18N2O5S. The fourth-order valence-electron chi connectivity index (χ4n) is 2.62. The first kappa shape index (κ1) is 19.5. The minimum Gasteiger partial charge on any atom is -0.493 e. The number of methoxy groups -OCH3 is 2. The normalized spacial score (nSPS) is 16.3. The number of carbonyl (C=O) groups excluding carboxylic acids is 1. The van der Waals surface area contributed by atoms with Crippen molar-refractivity contribution in [3.05, 3.63) is 58.0 Å². The van der Waals surface area contributed by atoms with Gasteiger partial charge in [-0.25, -0.2) is 9.79 Å². The summed E-state index contributed by atoms with van der Waals surface area (Å²) >= 11 is 1.17. The second kappa shape index (κ2) is 8.18. The molecule has 2 aromatic rings. The largest absolute Gasteiger partial charge is 0.493 e. The van der Waals surface area contributed by atoms with Crippen LogP contribution in [0, 0.1) is 6.92 Å². The summed E-state index contributed by atoms with van der Waals surface area (Å²) in [4.78, 5) is 28.4. The highest BCUT2D eigenvalue weighted by atomic mass is 32.2. The number of aromatic carboxylic acids is 1. The number of carboxylic acid groups (broad SMARTS) is 1. The lowest BCUT2D eigenvalue weighted by Crippen LogP contribution is -2.19. The van der Waals surface area contributed by atoms with Crippen LogP contribution in [0.4, 0.5) is 5.69 Å². The van der Waals surface area contributed by atoms with Gasteiger partial charge in [0.1, 0.15) is 0 Å². The summed E-state index contributed by atoms with van der Waals surface area (Å²) in [6, 6.07) is 10.1. The molecule has 0 radical (unpaired) electrons. The zero-order valence-electron chi connectivity index (χ0n) is 15.5. The van der Waals surface area contributed by atoms with E-state index in [1.54, 1.807) is 31.4 Å². The molecule has 1 heterocycles. The predicted molar refractivity (Wildman–Crippen MR) is 108 cm³/mol. The smallest absolute Gasteiger partial charge is 0.335 e. The van der Waals surface area contributed by atoms with Crippen LogP contribution in [-0.4, -0.2) is 36.4 Å². The Morgan fingerprint density at radius 1 is 1.21 bits per heavy atom. The van der Waals surface area contributed by atoms with E-state index in [0.29, 0.717) is 32.8 Å². The van der Waals surface area contributed by atoms with Crippen molar-refractivity contribution < 1.29 is 24.2 Å². The van der Waals surface area contributed by atoms with Crippen LogP contribution in [0.5, 0.6) is 11.5 Å². The van der Waals surface area contributed by atoms with Crippen LogP contribution < -0.4 is 14.8 Å². The molecule has 1 aliphatic heterocycles. The van der Waals surface area contributed by atoms with Gasteiger partial charge in [0.2, 0.25) is 0 Å². The van der Waals surface area contributed by atoms with E-state index in [9.17, 15) is 9.59 Å². The topological polar surface area (TPSA) is 97.2 Å². The van der Waals surface area contributed by atoms with Gasteiger partial charge in [-0.1, -0.05) is 18.2 Å². The number of amides is 1. The van der Waals surface area contributed by atoms with Crippen molar-refractivity contribution in [1.82, 2.24) is 5.32 Å². The maximum atomic E-state index is 12.3. The van der Waals surface area contributed by atoms with Gasteiger partial charge in [0, 0.05) is 5.56 Å². The van der Waals surface area contributed by atoms with Gasteiger partial charge in [-0.15, -0.1) is 0 Å². The summed E-state index contributed by atoms with van der Waals surface area (Å²) in [6.45, 7) is 1.82. The number of amidine groups is 1. The third-order valence-electron chi connectivity index (χ3n) is 4.05. The molecule has 1 saturated heterocycles. The number of carboxylic acids is 1. The molecule has 2 N–H and O–H groups in total. The Balaban J connectivity index is 1.93. The van der Waals surface area contributed by atoms with E-state index in [1.165, 1.54) is 31.0 Å². The van der Waals surface area contributed by atoms with E-state index in [1.807, 2.05) is 13.0 Å². The molecule has 0 atom stereocenters. The van der Waals surface area contributed by atoms with Gasteiger partial charge in [0.15, 0.2) is 16.7 Å². The summed E-state index contributed by atoms with van der Waals surface area (Å²) in [7, 11) is 3.08. The summed E-state index contributed by atoms with van der Waals surface area (Å²) in [5, 5.41) is 12.2. The van der Waals surface area contributed by atoms with Crippen molar-refractivity contribution in [1.29, 1.82) is 0 Å². The van der Waals surface area contributed by atoms with E-state index >= 15 is 0 Å². The fraction of sp³-hybridized carbons (Fsp3) is 0.150. The van der Waals surface area contributed by atoms with Crippen LogP contribution in [-0.2, 0) is 4.79 Å². The molecule has 0 aliphatic carbocycles. The first-order chi connectivity index (χ1) is 13.4. The first-order valence-corrected chi connectivity index (χ1v) is 9.09. The van der Waals surface area contributed by atoms with Gasteiger partial charge in [0.25, 0.3) is 5.91 Å². The summed E-state index contributed by atoms with van der Waals surface area (Å²) in [5.74, 6) is -0.229. The highest BCUT2D eigenvalue weighted by Gasteiger charge is 2.25. The number of ether oxygens (including phenoxy) is 2. The van der Waals surface area contributed by atoms with Crippen LogP contribution in [0.3, 0.4) is 0 Å². The molecule has 0 unspecified atom stereocenters. The van der Waals surface area contributed by atoms with Gasteiger partial charge < -0.3 is 19.9 Å². The molecule has 8 heteroatoms. The third kappa shape index (κ3) is 4.01. The van der Waals surface area contributed by atoms with Crippen molar-refractivity contribution in [2.24, 2.45) is 4.99 Å². The molecule has 144 valence electrons. The van der Waals surface area contributed by atoms with Gasteiger partial charge in [0.05, 0.1) is 30.4 Å². The second-order valence-electron chi connectivity index (χ2n) is 5.87. The minimum absolute atomic E-state index is 0.135. The van der Waals surface area contributed by atoms with Crippen molar-refractivity contribution in [2.75, 3.05) is 14.2 Å². The molecule has 28 heavy (non-hydrogen) atoms. The summed E-state index contributed by atoms with van der Waals surface area (Å²) in [5.41, 5.74) is 2.13. The number of benzene rings is 2. The molecule has 1 amide bonds. The Bertz CT molecular complexity index is 1010. The Labute approximate surface area is 166 Å². The fourth-order valence-corrected chi connectivity index (χ4v) is 3.45. The predicted octanol–water partition coefficient (Wildman–Crippen LogP) is 3.60. The van der Waals surface area contributed by atoms with Crippen molar-refractivity contribution in [3.8, 4) is 11.5 Å².